The first-order chi connectivity index (χ1) is 8.31. The van der Waals surface area contributed by atoms with Crippen LogP contribution in [-0.4, -0.2) is 39.3 Å². The molecule has 1 aromatic rings. The first-order valence-electron chi connectivity index (χ1n) is 6.64. The molecule has 4 heteroatoms. The van der Waals surface area contributed by atoms with Gasteiger partial charge in [0.05, 0.1) is 18.6 Å². The Kier molecular flexibility index (Phi) is 6.89. The van der Waals surface area contributed by atoms with Crippen LogP contribution < -0.4 is 0 Å². The predicted octanol–water partition coefficient (Wildman–Crippen LogP) is 1.89. The lowest BCUT2D eigenvalue weighted by atomic mass is 10.3. The Morgan fingerprint density at radius 3 is 2.76 bits per heavy atom. The largest absolute Gasteiger partial charge is 0.395 e. The third-order valence-electron chi connectivity index (χ3n) is 2.89. The van der Waals surface area contributed by atoms with Crippen molar-refractivity contribution >= 4 is 0 Å². The molecule has 0 aromatic carbocycles. The van der Waals surface area contributed by atoms with Crippen LogP contribution >= 0.6 is 0 Å². The normalized spacial score (nSPS) is 11.3. The third kappa shape index (κ3) is 4.88. The molecule has 0 amide bonds. The summed E-state index contributed by atoms with van der Waals surface area (Å²) in [6, 6.07) is 0. The maximum Gasteiger partial charge on any atom is 0.0948 e. The Morgan fingerprint density at radius 1 is 1.29 bits per heavy atom. The second-order valence-corrected chi connectivity index (χ2v) is 4.43. The maximum atomic E-state index is 9.07. The van der Waals surface area contributed by atoms with Gasteiger partial charge in [-0.05, 0) is 19.4 Å². The van der Waals surface area contributed by atoms with Crippen LogP contribution in [0.25, 0.3) is 0 Å². The summed E-state index contributed by atoms with van der Waals surface area (Å²) in [5.74, 6) is 0. The minimum absolute atomic E-state index is 0.228. The van der Waals surface area contributed by atoms with Gasteiger partial charge in [-0.2, -0.15) is 0 Å². The van der Waals surface area contributed by atoms with Gasteiger partial charge >= 0.3 is 0 Å². The average Bonchev–Trinajstić information content (AvgIpc) is 2.74. The van der Waals surface area contributed by atoms with E-state index in [1.807, 2.05) is 12.5 Å². The summed E-state index contributed by atoms with van der Waals surface area (Å²) in [4.78, 5) is 6.51. The molecule has 0 aliphatic rings. The number of aromatic nitrogens is 2. The summed E-state index contributed by atoms with van der Waals surface area (Å²) in [5, 5.41) is 9.07. The lowest BCUT2D eigenvalue weighted by Gasteiger charge is -2.21. The monoisotopic (exact) mass is 239 g/mol. The molecule has 0 fully saturated rings. The van der Waals surface area contributed by atoms with Crippen molar-refractivity contribution < 1.29 is 5.11 Å². The number of aliphatic hydroxyl groups excluding tert-OH is 1. The zero-order valence-electron chi connectivity index (χ0n) is 11.1. The topological polar surface area (TPSA) is 41.3 Å². The molecule has 17 heavy (non-hydrogen) atoms. The van der Waals surface area contributed by atoms with E-state index in [2.05, 4.69) is 28.3 Å². The molecule has 4 nitrogen and oxygen atoms in total. The van der Waals surface area contributed by atoms with E-state index >= 15 is 0 Å². The Labute approximate surface area is 104 Å². The molecule has 0 atom stereocenters. The van der Waals surface area contributed by atoms with Gasteiger partial charge < -0.3 is 9.67 Å². The summed E-state index contributed by atoms with van der Waals surface area (Å²) < 4.78 is 2.20. The van der Waals surface area contributed by atoms with Gasteiger partial charge in [0.1, 0.15) is 0 Å². The van der Waals surface area contributed by atoms with Gasteiger partial charge in [0, 0.05) is 25.8 Å². The zero-order chi connectivity index (χ0) is 12.5. The summed E-state index contributed by atoms with van der Waals surface area (Å²) in [6.07, 6.45) is 7.33. The minimum Gasteiger partial charge on any atom is -0.395 e. The minimum atomic E-state index is 0.228. The van der Waals surface area contributed by atoms with Crippen LogP contribution in [0.2, 0.25) is 0 Å². The molecule has 0 saturated carbocycles. The molecule has 0 radical (unpaired) electrons. The molecule has 0 bridgehead atoms. The van der Waals surface area contributed by atoms with Crippen molar-refractivity contribution in [1.29, 1.82) is 0 Å². The molecule has 0 unspecified atom stereocenters. The molecule has 1 rings (SSSR count). The van der Waals surface area contributed by atoms with E-state index in [-0.39, 0.29) is 6.61 Å². The Bertz CT molecular complexity index is 299. The Morgan fingerprint density at radius 2 is 2.12 bits per heavy atom. The lowest BCUT2D eigenvalue weighted by molar-refractivity contribution is 0.185. The SMILES string of the molecule is CCCCN(CCO)Cc1cncn1CCC. The maximum absolute atomic E-state index is 9.07. The highest BCUT2D eigenvalue weighted by molar-refractivity contribution is 4.98. The second kappa shape index (κ2) is 8.25. The van der Waals surface area contributed by atoms with Crippen LogP contribution in [0.3, 0.4) is 0 Å². The molecule has 0 spiro atoms. The average molecular weight is 239 g/mol. The van der Waals surface area contributed by atoms with Crippen molar-refractivity contribution in [3.8, 4) is 0 Å². The van der Waals surface area contributed by atoms with Gasteiger partial charge in [-0.25, -0.2) is 4.98 Å². The Hall–Kier alpha value is -0.870. The quantitative estimate of drug-likeness (QED) is 0.715. The fourth-order valence-electron chi connectivity index (χ4n) is 1.94. The van der Waals surface area contributed by atoms with Crippen molar-refractivity contribution in [2.45, 2.75) is 46.2 Å². The van der Waals surface area contributed by atoms with E-state index < -0.39 is 0 Å². The van der Waals surface area contributed by atoms with Crippen molar-refractivity contribution in [2.24, 2.45) is 0 Å². The Balaban J connectivity index is 2.54. The van der Waals surface area contributed by atoms with Gasteiger partial charge in [0.2, 0.25) is 0 Å². The van der Waals surface area contributed by atoms with Gasteiger partial charge in [0.15, 0.2) is 0 Å². The van der Waals surface area contributed by atoms with Crippen LogP contribution in [0.1, 0.15) is 38.8 Å². The molecule has 1 N–H and O–H groups in total. The molecule has 1 aromatic heterocycles. The number of aryl methyl sites for hydroxylation is 1. The fourth-order valence-corrected chi connectivity index (χ4v) is 1.94. The number of nitrogens with zero attached hydrogens (tertiary/aromatic N) is 3. The van der Waals surface area contributed by atoms with E-state index in [4.69, 9.17) is 5.11 Å². The van der Waals surface area contributed by atoms with Gasteiger partial charge in [-0.1, -0.05) is 20.3 Å². The fraction of sp³-hybridized carbons (Fsp3) is 0.769. The second-order valence-electron chi connectivity index (χ2n) is 4.43. The number of imidazole rings is 1. The van der Waals surface area contributed by atoms with Crippen LogP contribution in [-0.2, 0) is 13.1 Å². The van der Waals surface area contributed by atoms with Crippen LogP contribution in [0.4, 0.5) is 0 Å². The molecular formula is C13H25N3O. The number of rotatable bonds is 9. The summed E-state index contributed by atoms with van der Waals surface area (Å²) >= 11 is 0. The summed E-state index contributed by atoms with van der Waals surface area (Å²) in [6.45, 7) is 8.30. The highest BCUT2D eigenvalue weighted by atomic mass is 16.3. The van der Waals surface area contributed by atoms with Crippen LogP contribution in [0.15, 0.2) is 12.5 Å². The predicted molar refractivity (Wildman–Crippen MR) is 69.8 cm³/mol. The van der Waals surface area contributed by atoms with Crippen molar-refractivity contribution in [3.63, 3.8) is 0 Å². The molecule has 0 saturated heterocycles. The molecule has 1 heterocycles. The van der Waals surface area contributed by atoms with Crippen molar-refractivity contribution in [1.82, 2.24) is 14.5 Å². The van der Waals surface area contributed by atoms with Crippen molar-refractivity contribution in [2.75, 3.05) is 19.7 Å². The van der Waals surface area contributed by atoms with E-state index in [0.717, 1.165) is 32.6 Å². The molecule has 0 aliphatic heterocycles. The first kappa shape index (κ1) is 14.2. The lowest BCUT2D eigenvalue weighted by Crippen LogP contribution is -2.28. The number of unbranched alkanes of at least 4 members (excludes halogenated alkanes) is 1. The molecular weight excluding hydrogens is 214 g/mol. The zero-order valence-corrected chi connectivity index (χ0v) is 11.1. The van der Waals surface area contributed by atoms with Gasteiger partial charge in [-0.3, -0.25) is 4.90 Å². The summed E-state index contributed by atoms with van der Waals surface area (Å²) in [5.41, 5.74) is 1.25. The molecule has 0 aliphatic carbocycles. The molecule has 98 valence electrons. The highest BCUT2D eigenvalue weighted by Crippen LogP contribution is 2.06. The van der Waals surface area contributed by atoms with Crippen LogP contribution in [0, 0.1) is 0 Å². The van der Waals surface area contributed by atoms with Gasteiger partial charge in [-0.15, -0.1) is 0 Å². The third-order valence-corrected chi connectivity index (χ3v) is 2.89. The smallest absolute Gasteiger partial charge is 0.0948 e. The van der Waals surface area contributed by atoms with Crippen molar-refractivity contribution in [3.05, 3.63) is 18.2 Å². The van der Waals surface area contributed by atoms with E-state index in [1.165, 1.54) is 18.5 Å². The van der Waals surface area contributed by atoms with Crippen LogP contribution in [0.5, 0.6) is 0 Å². The summed E-state index contributed by atoms with van der Waals surface area (Å²) in [7, 11) is 0. The van der Waals surface area contributed by atoms with E-state index in [0.29, 0.717) is 0 Å². The first-order valence-corrected chi connectivity index (χ1v) is 6.64. The number of hydrogen-bond acceptors (Lipinski definition) is 3. The van der Waals surface area contributed by atoms with Gasteiger partial charge in [0.25, 0.3) is 0 Å². The number of aliphatic hydroxyl groups is 1. The number of hydrogen-bond donors (Lipinski definition) is 1. The highest BCUT2D eigenvalue weighted by Gasteiger charge is 2.08. The van der Waals surface area contributed by atoms with E-state index in [1.54, 1.807) is 0 Å². The standard InChI is InChI=1S/C13H25N3O/c1-3-5-7-15(8-9-17)11-13-10-14-12-16(13)6-4-2/h10,12,17H,3-9,11H2,1-2H3. The van der Waals surface area contributed by atoms with E-state index in [9.17, 15) is 0 Å².